The van der Waals surface area contributed by atoms with Crippen LogP contribution in [0.2, 0.25) is 10.0 Å². The van der Waals surface area contributed by atoms with Gasteiger partial charge in [-0.05, 0) is 23.8 Å². The van der Waals surface area contributed by atoms with Gasteiger partial charge in [-0.25, -0.2) is 9.36 Å². The van der Waals surface area contributed by atoms with Crippen LogP contribution in [0.1, 0.15) is 25.7 Å². The van der Waals surface area contributed by atoms with Crippen LogP contribution in [0.4, 0.5) is 0 Å². The number of aliphatic carboxylic acids is 1. The number of likely N-dealkylation sites (tertiary alicyclic amines) is 1. The highest BCUT2D eigenvalue weighted by atomic mass is 35.5. The van der Waals surface area contributed by atoms with Crippen molar-refractivity contribution in [1.82, 2.24) is 10.2 Å². The number of piperidine rings is 1. The molecule has 2 amide bonds. The van der Waals surface area contributed by atoms with E-state index < -0.39 is 33.4 Å². The summed E-state index contributed by atoms with van der Waals surface area (Å²) in [6, 6.07) is 8.08. The van der Waals surface area contributed by atoms with Gasteiger partial charge in [0, 0.05) is 57.7 Å². The van der Waals surface area contributed by atoms with E-state index >= 15 is 0 Å². The second-order valence-corrected chi connectivity index (χ2v) is 18.2. The van der Waals surface area contributed by atoms with Crippen molar-refractivity contribution in [3.8, 4) is 0 Å². The SMILES string of the molecule is O=C(CSc1cc(Cl)ccc1Cl)NC1C(=O)N2C(C(=O)O)=C(CSc3cc[n+](CCC[N+]4(CCCS(=O)(=O)O)CCC(O)CC4)cc3)CSC12. The number of halogens is 2. The first-order valence-electron chi connectivity index (χ1n) is 16.1. The van der Waals surface area contributed by atoms with E-state index in [-0.39, 0.29) is 29.2 Å². The van der Waals surface area contributed by atoms with Crippen molar-refractivity contribution in [3.63, 3.8) is 0 Å². The maximum Gasteiger partial charge on any atom is 0.352 e. The molecule has 2 unspecified atom stereocenters. The number of aliphatic hydroxyl groups excluding tert-OH is 1. The van der Waals surface area contributed by atoms with Gasteiger partial charge < -0.3 is 20.0 Å². The quantitative estimate of drug-likeness (QED) is 0.0645. The third-order valence-corrected chi connectivity index (χ3v) is 14.0. The first-order valence-corrected chi connectivity index (χ1v) is 21.5. The molecule has 4 N–H and O–H groups in total. The molecule has 2 fully saturated rings. The fraction of sp³-hybridized carbons (Fsp3) is 0.500. The Labute approximate surface area is 314 Å². The van der Waals surface area contributed by atoms with Gasteiger partial charge in [0.05, 0.1) is 55.2 Å². The van der Waals surface area contributed by atoms with Crippen molar-refractivity contribution in [2.75, 3.05) is 49.2 Å². The van der Waals surface area contributed by atoms with E-state index in [1.807, 2.05) is 24.5 Å². The van der Waals surface area contributed by atoms with Crippen molar-refractivity contribution in [1.29, 1.82) is 0 Å². The molecule has 1 aromatic heterocycles. The Kier molecular flexibility index (Phi) is 13.5. The van der Waals surface area contributed by atoms with Crippen LogP contribution in [0.5, 0.6) is 0 Å². The van der Waals surface area contributed by atoms with Gasteiger partial charge in [-0.1, -0.05) is 23.2 Å². The Morgan fingerprint density at radius 1 is 1.08 bits per heavy atom. The summed E-state index contributed by atoms with van der Waals surface area (Å²) in [6.07, 6.45) is 6.18. The van der Waals surface area contributed by atoms with Crippen molar-refractivity contribution in [2.24, 2.45) is 0 Å². The lowest BCUT2D eigenvalue weighted by Gasteiger charge is -2.49. The fourth-order valence-electron chi connectivity index (χ4n) is 6.43. The average Bonchev–Trinajstić information content (AvgIpc) is 3.07. The largest absolute Gasteiger partial charge is 0.477 e. The number of benzene rings is 1. The van der Waals surface area contributed by atoms with Crippen molar-refractivity contribution >= 4 is 86.4 Å². The Morgan fingerprint density at radius 3 is 2.46 bits per heavy atom. The number of nitrogens with one attached hydrogen (secondary N) is 1. The second-order valence-electron chi connectivity index (χ2n) is 12.6. The minimum atomic E-state index is -4.01. The number of hydrogen-bond donors (Lipinski definition) is 4. The average molecular weight is 808 g/mol. The van der Waals surface area contributed by atoms with Crippen molar-refractivity contribution < 1.29 is 46.6 Å². The molecule has 12 nitrogen and oxygen atoms in total. The summed E-state index contributed by atoms with van der Waals surface area (Å²) in [5, 5.41) is 23.3. The molecule has 50 heavy (non-hydrogen) atoms. The molecule has 0 spiro atoms. The van der Waals surface area contributed by atoms with E-state index in [9.17, 15) is 33.0 Å². The number of nitrogens with zero attached hydrogens (tertiary/aromatic N) is 3. The van der Waals surface area contributed by atoms with Crippen LogP contribution >= 0.6 is 58.5 Å². The number of β-lactam (4-membered cyclic amide) rings is 1. The molecule has 3 aliphatic rings. The Bertz CT molecular complexity index is 1720. The first kappa shape index (κ1) is 39.2. The van der Waals surface area contributed by atoms with Crippen LogP contribution in [0, 0.1) is 0 Å². The molecule has 18 heteroatoms. The molecule has 0 aliphatic carbocycles. The van der Waals surface area contributed by atoms with Crippen LogP contribution < -0.4 is 9.88 Å². The Balaban J connectivity index is 1.11. The van der Waals surface area contributed by atoms with Gasteiger partial charge in [-0.15, -0.1) is 35.3 Å². The summed E-state index contributed by atoms with van der Waals surface area (Å²) in [5.74, 6) is -1.44. The summed E-state index contributed by atoms with van der Waals surface area (Å²) >= 11 is 16.3. The van der Waals surface area contributed by atoms with E-state index in [1.54, 1.807) is 18.2 Å². The van der Waals surface area contributed by atoms with Gasteiger partial charge in [0.1, 0.15) is 17.1 Å². The number of amides is 2. The molecule has 5 rings (SSSR count). The van der Waals surface area contributed by atoms with Crippen LogP contribution in [0.3, 0.4) is 0 Å². The Hall–Kier alpha value is -2.02. The van der Waals surface area contributed by atoms with Gasteiger partial charge in [-0.3, -0.25) is 19.0 Å². The number of quaternary nitrogens is 1. The number of aromatic nitrogens is 1. The number of carboxylic acids is 1. The lowest BCUT2D eigenvalue weighted by Crippen LogP contribution is -2.70. The number of aliphatic hydroxyl groups is 1. The normalized spacial score (nSPS) is 23.7. The van der Waals surface area contributed by atoms with E-state index in [0.29, 0.717) is 57.8 Å². The van der Waals surface area contributed by atoms with Crippen LogP contribution in [0.15, 0.2) is 63.8 Å². The zero-order chi connectivity index (χ0) is 36.1. The number of aryl methyl sites for hydroxylation is 1. The summed E-state index contributed by atoms with van der Waals surface area (Å²) in [5.41, 5.74) is 0.612. The minimum Gasteiger partial charge on any atom is -0.477 e. The van der Waals surface area contributed by atoms with E-state index in [0.717, 1.165) is 42.0 Å². The highest BCUT2D eigenvalue weighted by Gasteiger charge is 2.54. The summed E-state index contributed by atoms with van der Waals surface area (Å²) in [7, 11) is -4.01. The van der Waals surface area contributed by atoms with Crippen LogP contribution in [-0.4, -0.2) is 117 Å². The molecule has 2 aromatic rings. The number of pyridine rings is 1. The lowest BCUT2D eigenvalue weighted by molar-refractivity contribution is -0.935. The lowest BCUT2D eigenvalue weighted by atomic mass is 10.0. The monoisotopic (exact) mass is 806 g/mol. The molecule has 272 valence electrons. The van der Waals surface area contributed by atoms with Gasteiger partial charge in [0.2, 0.25) is 5.91 Å². The number of hydrogen-bond acceptors (Lipinski definition) is 9. The maximum atomic E-state index is 13.1. The zero-order valence-corrected chi connectivity index (χ0v) is 31.9. The van der Waals surface area contributed by atoms with Crippen LogP contribution in [-0.2, 0) is 31.0 Å². The second kappa shape index (κ2) is 17.2. The van der Waals surface area contributed by atoms with Gasteiger partial charge in [-0.2, -0.15) is 8.42 Å². The standard InChI is InChI=1S/C32H38Cl2N4O8S4/c33-22-3-4-25(34)26(17-22)48-20-27(40)35-28-30(41)37-29(32(42)43)21(19-49-31(28)37)18-47-24-5-10-36(11-6-24)9-1-12-38(13-2-16-50(44,45)46)14-7-23(39)8-15-38/h3-6,10-11,17,23,28,31,39H,1-2,7-9,12-16,18-20H2,(H-2,35,40,42,43,44,45,46)/p+2. The third kappa shape index (κ3) is 10.3. The van der Waals surface area contributed by atoms with Gasteiger partial charge in [0.15, 0.2) is 18.9 Å². The molecule has 2 saturated heterocycles. The number of fused-ring (bicyclic) bond motifs is 1. The van der Waals surface area contributed by atoms with E-state index in [2.05, 4.69) is 9.88 Å². The number of carbonyl (C=O) groups excluding carboxylic acids is 2. The smallest absolute Gasteiger partial charge is 0.352 e. The summed E-state index contributed by atoms with van der Waals surface area (Å²) in [6.45, 7) is 3.78. The van der Waals surface area contributed by atoms with Crippen LogP contribution in [0.25, 0.3) is 0 Å². The number of carboxylic acid groups (broad SMARTS) is 1. The predicted octanol–water partition coefficient (Wildman–Crippen LogP) is 3.54. The molecule has 0 saturated carbocycles. The highest BCUT2D eigenvalue weighted by Crippen LogP contribution is 2.41. The molecular weight excluding hydrogens is 768 g/mol. The predicted molar refractivity (Wildman–Crippen MR) is 195 cm³/mol. The molecule has 0 radical (unpaired) electrons. The Morgan fingerprint density at radius 2 is 1.78 bits per heavy atom. The first-order chi connectivity index (χ1) is 23.7. The molecule has 1 aromatic carbocycles. The molecule has 2 atom stereocenters. The molecule has 3 aliphatic heterocycles. The van der Waals surface area contributed by atoms with E-state index in [1.165, 1.54) is 40.2 Å². The third-order valence-electron chi connectivity index (χ3n) is 9.05. The topological polar surface area (TPSA) is 165 Å². The fourth-order valence-corrected chi connectivity index (χ4v) is 10.6. The minimum absolute atomic E-state index is 0.0203. The maximum absolute atomic E-state index is 13.1. The highest BCUT2D eigenvalue weighted by molar-refractivity contribution is 8.01. The van der Waals surface area contributed by atoms with Gasteiger partial charge >= 0.3 is 5.97 Å². The summed E-state index contributed by atoms with van der Waals surface area (Å²) < 4.78 is 34.4. The summed E-state index contributed by atoms with van der Waals surface area (Å²) in [4.78, 5) is 40.9. The van der Waals surface area contributed by atoms with E-state index in [4.69, 9.17) is 27.8 Å². The molecule has 0 bridgehead atoms. The molecular formula is C32H40Cl2N4O8S4+2. The van der Waals surface area contributed by atoms with Gasteiger partial charge in [0.25, 0.3) is 16.0 Å². The number of thioether (sulfide) groups is 3. The number of carbonyl (C=O) groups is 3. The number of rotatable bonds is 16. The van der Waals surface area contributed by atoms with Crippen molar-refractivity contribution in [3.05, 3.63) is 64.0 Å². The zero-order valence-electron chi connectivity index (χ0n) is 27.1. The van der Waals surface area contributed by atoms with Crippen molar-refractivity contribution in [2.45, 2.75) is 59.5 Å². The molecule has 4 heterocycles.